The Morgan fingerprint density at radius 2 is 1.70 bits per heavy atom. The van der Waals surface area contributed by atoms with Crippen molar-refractivity contribution in [3.05, 3.63) is 88.2 Å². The minimum atomic E-state index is -0.920. The maximum atomic E-state index is 12.7. The van der Waals surface area contributed by atoms with Gasteiger partial charge in [-0.25, -0.2) is 4.68 Å². The number of carboxylic acid groups (broad SMARTS) is 1. The SMILES string of the molecule is CCc1ccc(-c2ccc(SC(CCn3nnc4c(C)cccc4c3=O)C(=O)O)cc2)cc1. The predicted molar refractivity (Wildman–Crippen MR) is 132 cm³/mol. The van der Waals surface area contributed by atoms with Gasteiger partial charge in [0.1, 0.15) is 10.8 Å². The van der Waals surface area contributed by atoms with E-state index in [2.05, 4.69) is 41.5 Å². The zero-order valence-electron chi connectivity index (χ0n) is 18.6. The summed E-state index contributed by atoms with van der Waals surface area (Å²) in [4.78, 5) is 25.5. The fraction of sp³-hybridized carbons (Fsp3) is 0.231. The Labute approximate surface area is 196 Å². The van der Waals surface area contributed by atoms with Gasteiger partial charge >= 0.3 is 5.97 Å². The van der Waals surface area contributed by atoms with Crippen molar-refractivity contribution < 1.29 is 9.90 Å². The summed E-state index contributed by atoms with van der Waals surface area (Å²) in [5.74, 6) is -0.920. The zero-order valence-corrected chi connectivity index (χ0v) is 19.4. The highest BCUT2D eigenvalue weighted by molar-refractivity contribution is 8.00. The number of aromatic nitrogens is 3. The Balaban J connectivity index is 1.46. The van der Waals surface area contributed by atoms with Gasteiger partial charge in [-0.05, 0) is 60.2 Å². The summed E-state index contributed by atoms with van der Waals surface area (Å²) in [6.07, 6.45) is 1.26. The minimum Gasteiger partial charge on any atom is -0.480 e. The molecule has 0 aliphatic rings. The molecule has 33 heavy (non-hydrogen) atoms. The summed E-state index contributed by atoms with van der Waals surface area (Å²) in [5, 5.41) is 17.7. The van der Waals surface area contributed by atoms with Crippen LogP contribution < -0.4 is 5.56 Å². The normalized spacial score (nSPS) is 12.1. The smallest absolute Gasteiger partial charge is 0.317 e. The first-order valence-corrected chi connectivity index (χ1v) is 11.8. The number of rotatable bonds is 8. The first kappa shape index (κ1) is 22.7. The Morgan fingerprint density at radius 1 is 1.03 bits per heavy atom. The van der Waals surface area contributed by atoms with Crippen LogP contribution in [-0.2, 0) is 17.8 Å². The lowest BCUT2D eigenvalue weighted by atomic mass is 10.0. The second-order valence-corrected chi connectivity index (χ2v) is 9.17. The first-order valence-electron chi connectivity index (χ1n) is 10.9. The van der Waals surface area contributed by atoms with Crippen LogP contribution in [0.1, 0.15) is 24.5 Å². The number of carboxylic acids is 1. The topological polar surface area (TPSA) is 85.1 Å². The van der Waals surface area contributed by atoms with E-state index >= 15 is 0 Å². The van der Waals surface area contributed by atoms with Crippen LogP contribution in [0.2, 0.25) is 0 Å². The standard InChI is InChI=1S/C26H25N3O3S/c1-3-18-7-9-19(10-8-18)20-11-13-21(14-12-20)33-23(26(31)32)15-16-29-25(30)22-6-4-5-17(2)24(22)27-28-29/h4-14,23H,3,15-16H2,1-2H3,(H,31,32). The summed E-state index contributed by atoms with van der Waals surface area (Å²) in [7, 11) is 0. The lowest BCUT2D eigenvalue weighted by molar-refractivity contribution is -0.136. The molecule has 0 fully saturated rings. The molecule has 168 valence electrons. The highest BCUT2D eigenvalue weighted by Crippen LogP contribution is 2.29. The van der Waals surface area contributed by atoms with Gasteiger partial charge in [0.2, 0.25) is 0 Å². The number of benzene rings is 3. The maximum absolute atomic E-state index is 12.7. The highest BCUT2D eigenvalue weighted by Gasteiger charge is 2.20. The predicted octanol–water partition coefficient (Wildman–Crippen LogP) is 4.96. The van der Waals surface area contributed by atoms with Gasteiger partial charge in [0.05, 0.1) is 5.39 Å². The van der Waals surface area contributed by atoms with Crippen molar-refractivity contribution in [3.63, 3.8) is 0 Å². The molecule has 0 aliphatic carbocycles. The van der Waals surface area contributed by atoms with Crippen molar-refractivity contribution in [2.24, 2.45) is 0 Å². The summed E-state index contributed by atoms with van der Waals surface area (Å²) in [5.41, 5.74) is 4.71. The number of carbonyl (C=O) groups is 1. The quantitative estimate of drug-likeness (QED) is 0.375. The lowest BCUT2D eigenvalue weighted by Gasteiger charge is -2.13. The molecular weight excluding hydrogens is 434 g/mol. The van der Waals surface area contributed by atoms with Crippen molar-refractivity contribution in [3.8, 4) is 11.1 Å². The lowest BCUT2D eigenvalue weighted by Crippen LogP contribution is -2.27. The van der Waals surface area contributed by atoms with Gasteiger partial charge in [-0.2, -0.15) is 0 Å². The Kier molecular flexibility index (Phi) is 6.89. The van der Waals surface area contributed by atoms with E-state index in [0.29, 0.717) is 10.9 Å². The molecule has 0 saturated carbocycles. The van der Waals surface area contributed by atoms with Gasteiger partial charge in [0.15, 0.2) is 0 Å². The third-order valence-electron chi connectivity index (χ3n) is 5.66. The molecule has 0 spiro atoms. The molecule has 7 heteroatoms. The molecule has 1 aromatic heterocycles. The van der Waals surface area contributed by atoms with Crippen LogP contribution in [0, 0.1) is 6.92 Å². The Bertz CT molecular complexity index is 1330. The third kappa shape index (κ3) is 5.14. The molecule has 1 unspecified atom stereocenters. The Morgan fingerprint density at radius 3 is 2.33 bits per heavy atom. The van der Waals surface area contributed by atoms with E-state index in [4.69, 9.17) is 0 Å². The van der Waals surface area contributed by atoms with Crippen LogP contribution in [0.25, 0.3) is 22.0 Å². The van der Waals surface area contributed by atoms with Gasteiger partial charge < -0.3 is 5.11 Å². The highest BCUT2D eigenvalue weighted by atomic mass is 32.2. The third-order valence-corrected chi connectivity index (χ3v) is 6.93. The largest absolute Gasteiger partial charge is 0.480 e. The fourth-order valence-corrected chi connectivity index (χ4v) is 4.63. The molecule has 0 saturated heterocycles. The minimum absolute atomic E-state index is 0.182. The molecule has 6 nitrogen and oxygen atoms in total. The second kappa shape index (κ2) is 10.0. The van der Waals surface area contributed by atoms with Crippen molar-refractivity contribution in [1.82, 2.24) is 15.0 Å². The molecule has 4 rings (SSSR count). The van der Waals surface area contributed by atoms with E-state index in [-0.39, 0.29) is 18.5 Å². The fourth-order valence-electron chi connectivity index (χ4n) is 3.68. The maximum Gasteiger partial charge on any atom is 0.317 e. The van der Waals surface area contributed by atoms with Gasteiger partial charge in [-0.15, -0.1) is 16.9 Å². The van der Waals surface area contributed by atoms with Gasteiger partial charge in [-0.3, -0.25) is 9.59 Å². The Hall–Kier alpha value is -3.45. The number of fused-ring (bicyclic) bond motifs is 1. The molecule has 0 aliphatic heterocycles. The first-order chi connectivity index (χ1) is 16.0. The van der Waals surface area contributed by atoms with Crippen LogP contribution in [0.4, 0.5) is 0 Å². The summed E-state index contributed by atoms with van der Waals surface area (Å²) >= 11 is 1.27. The van der Waals surface area contributed by atoms with Crippen LogP contribution in [0.5, 0.6) is 0 Å². The van der Waals surface area contributed by atoms with Crippen molar-refractivity contribution >= 4 is 28.6 Å². The van der Waals surface area contributed by atoms with Crippen LogP contribution >= 0.6 is 11.8 Å². The van der Waals surface area contributed by atoms with Crippen molar-refractivity contribution in [2.75, 3.05) is 0 Å². The average molecular weight is 460 g/mol. The van der Waals surface area contributed by atoms with Crippen molar-refractivity contribution in [2.45, 2.75) is 43.4 Å². The molecule has 4 aromatic rings. The molecule has 3 aromatic carbocycles. The van der Waals surface area contributed by atoms with E-state index < -0.39 is 11.2 Å². The molecule has 1 heterocycles. The second-order valence-electron chi connectivity index (χ2n) is 7.90. The van der Waals surface area contributed by atoms with Crippen molar-refractivity contribution in [1.29, 1.82) is 0 Å². The number of aryl methyl sites for hydroxylation is 3. The van der Waals surface area contributed by atoms with E-state index in [0.717, 1.165) is 28.0 Å². The van der Waals surface area contributed by atoms with Crippen LogP contribution in [-0.4, -0.2) is 31.3 Å². The van der Waals surface area contributed by atoms with E-state index in [1.165, 1.54) is 22.0 Å². The molecular formula is C26H25N3O3S. The molecule has 0 amide bonds. The average Bonchev–Trinajstić information content (AvgIpc) is 2.83. The molecule has 1 N–H and O–H groups in total. The number of hydrogen-bond donors (Lipinski definition) is 1. The summed E-state index contributed by atoms with van der Waals surface area (Å²) < 4.78 is 1.25. The van der Waals surface area contributed by atoms with Crippen LogP contribution in [0.15, 0.2) is 76.4 Å². The number of nitrogens with zero attached hydrogens (tertiary/aromatic N) is 3. The molecule has 0 bridgehead atoms. The number of aliphatic carboxylic acids is 1. The summed E-state index contributed by atoms with van der Waals surface area (Å²) in [6, 6.07) is 21.7. The number of hydrogen-bond acceptors (Lipinski definition) is 5. The molecule has 1 atom stereocenters. The van der Waals surface area contributed by atoms with Gasteiger partial charge in [-0.1, -0.05) is 60.7 Å². The van der Waals surface area contributed by atoms with E-state index in [9.17, 15) is 14.7 Å². The van der Waals surface area contributed by atoms with Gasteiger partial charge in [0, 0.05) is 11.4 Å². The monoisotopic (exact) mass is 459 g/mol. The van der Waals surface area contributed by atoms with Gasteiger partial charge in [0.25, 0.3) is 5.56 Å². The van der Waals surface area contributed by atoms with Crippen LogP contribution in [0.3, 0.4) is 0 Å². The van der Waals surface area contributed by atoms with E-state index in [1.54, 1.807) is 6.07 Å². The number of thioether (sulfide) groups is 1. The molecule has 0 radical (unpaired) electrons. The zero-order chi connectivity index (χ0) is 23.4. The summed E-state index contributed by atoms with van der Waals surface area (Å²) in [6.45, 7) is 4.19. The van der Waals surface area contributed by atoms with E-state index in [1.807, 2.05) is 43.3 Å².